The van der Waals surface area contributed by atoms with Gasteiger partial charge in [0.05, 0.1) is 0 Å². The Bertz CT molecular complexity index is 698. The lowest BCUT2D eigenvalue weighted by Crippen LogP contribution is -2.37. The molecule has 1 N–H and O–H groups in total. The third-order valence-corrected chi connectivity index (χ3v) is 7.24. The molecule has 0 aliphatic heterocycles. The first-order chi connectivity index (χ1) is 11.5. The molecule has 0 aromatic heterocycles. The number of phenols is 1. The van der Waals surface area contributed by atoms with E-state index in [0.29, 0.717) is 23.0 Å². The maximum Gasteiger partial charge on any atom is 0.115 e. The molecule has 0 amide bonds. The minimum atomic E-state index is 0.406. The van der Waals surface area contributed by atoms with E-state index in [2.05, 4.69) is 32.6 Å². The Labute approximate surface area is 146 Å². The van der Waals surface area contributed by atoms with E-state index in [1.165, 1.54) is 55.2 Å². The highest BCUT2D eigenvalue weighted by Crippen LogP contribution is 2.63. The maximum absolute atomic E-state index is 9.79. The molecule has 0 saturated heterocycles. The molecule has 0 heterocycles. The Balaban J connectivity index is 1.66. The van der Waals surface area contributed by atoms with Gasteiger partial charge in [0, 0.05) is 5.92 Å². The van der Waals surface area contributed by atoms with Crippen molar-refractivity contribution < 1.29 is 5.11 Å². The van der Waals surface area contributed by atoms with Crippen molar-refractivity contribution in [3.8, 4) is 5.75 Å². The first-order valence-corrected chi connectivity index (χ1v) is 9.74. The van der Waals surface area contributed by atoms with E-state index in [0.717, 1.165) is 12.3 Å². The Morgan fingerprint density at radius 2 is 2.12 bits per heavy atom. The van der Waals surface area contributed by atoms with Gasteiger partial charge >= 0.3 is 0 Å². The van der Waals surface area contributed by atoms with Crippen LogP contribution in [0.5, 0.6) is 5.75 Å². The van der Waals surface area contributed by atoms with Crippen LogP contribution in [-0.2, 0) is 6.42 Å². The van der Waals surface area contributed by atoms with Crippen molar-refractivity contribution in [2.24, 2.45) is 17.3 Å². The molecule has 3 aliphatic carbocycles. The van der Waals surface area contributed by atoms with Gasteiger partial charge in [-0.2, -0.15) is 0 Å². The van der Waals surface area contributed by atoms with Gasteiger partial charge in [0.2, 0.25) is 0 Å². The summed E-state index contributed by atoms with van der Waals surface area (Å²) < 4.78 is 0. The second kappa shape index (κ2) is 5.79. The van der Waals surface area contributed by atoms with Crippen LogP contribution in [0.15, 0.2) is 42.0 Å². The van der Waals surface area contributed by atoms with Gasteiger partial charge in [-0.15, -0.1) is 0 Å². The smallest absolute Gasteiger partial charge is 0.115 e. The van der Waals surface area contributed by atoms with Gasteiger partial charge in [-0.1, -0.05) is 50.1 Å². The maximum atomic E-state index is 9.79. The van der Waals surface area contributed by atoms with Crippen molar-refractivity contribution in [2.45, 2.75) is 64.7 Å². The van der Waals surface area contributed by atoms with E-state index in [4.69, 9.17) is 0 Å². The van der Waals surface area contributed by atoms with Crippen LogP contribution in [-0.4, -0.2) is 5.11 Å². The Hall–Kier alpha value is -1.50. The van der Waals surface area contributed by atoms with E-state index in [1.54, 1.807) is 5.57 Å². The summed E-state index contributed by atoms with van der Waals surface area (Å²) in [5.74, 6) is 2.44. The van der Waals surface area contributed by atoms with Gasteiger partial charge in [-0.25, -0.2) is 0 Å². The van der Waals surface area contributed by atoms with E-state index in [1.807, 2.05) is 12.1 Å². The molecule has 1 aromatic rings. The minimum Gasteiger partial charge on any atom is -0.508 e. The van der Waals surface area contributed by atoms with Gasteiger partial charge in [0.25, 0.3) is 0 Å². The first kappa shape index (κ1) is 16.0. The number of aromatic hydroxyl groups is 1. The van der Waals surface area contributed by atoms with Crippen LogP contribution < -0.4 is 0 Å². The number of allylic oxidation sites excluding steroid dienone is 3. The monoisotopic (exact) mass is 322 g/mol. The second-order valence-corrected chi connectivity index (χ2v) is 8.48. The van der Waals surface area contributed by atoms with Crippen LogP contribution in [0.3, 0.4) is 0 Å². The fourth-order valence-electron chi connectivity index (χ4n) is 6.12. The lowest BCUT2D eigenvalue weighted by molar-refractivity contribution is 0.144. The SMILES string of the molecule is C=C(CCC)[C@H]1CCC2C3=CCc4cc(O)ccc4C3CC[C@@]21C. The lowest BCUT2D eigenvalue weighted by Gasteiger charge is -2.47. The van der Waals surface area contributed by atoms with Crippen LogP contribution in [0.2, 0.25) is 0 Å². The Morgan fingerprint density at radius 1 is 1.29 bits per heavy atom. The molecular weight excluding hydrogens is 292 g/mol. The molecule has 1 nitrogen and oxygen atoms in total. The largest absolute Gasteiger partial charge is 0.508 e. The topological polar surface area (TPSA) is 20.2 Å². The van der Waals surface area contributed by atoms with E-state index < -0.39 is 0 Å². The van der Waals surface area contributed by atoms with Crippen LogP contribution in [0, 0.1) is 17.3 Å². The van der Waals surface area contributed by atoms with Gasteiger partial charge in [0.1, 0.15) is 5.75 Å². The lowest BCUT2D eigenvalue weighted by atomic mass is 9.57. The fraction of sp³-hybridized carbons (Fsp3) is 0.565. The quantitative estimate of drug-likeness (QED) is 0.663. The highest BCUT2D eigenvalue weighted by molar-refractivity contribution is 5.47. The standard InChI is InChI=1S/C23H30O/c1-4-5-15(2)21-10-11-22-20-8-6-16-14-17(24)7-9-18(16)19(20)12-13-23(21,22)3/h7-9,14,19,21-22,24H,2,4-6,10-13H2,1,3H3/t19?,21-,22?,23-/m1/s1. The fourth-order valence-corrected chi connectivity index (χ4v) is 6.12. The number of phenolic OH excluding ortho intramolecular Hbond substituents is 1. The van der Waals surface area contributed by atoms with Crippen molar-refractivity contribution in [3.05, 3.63) is 53.1 Å². The Morgan fingerprint density at radius 3 is 2.92 bits per heavy atom. The van der Waals surface area contributed by atoms with E-state index in [-0.39, 0.29) is 0 Å². The van der Waals surface area contributed by atoms with Crippen molar-refractivity contribution in [1.29, 1.82) is 0 Å². The zero-order valence-corrected chi connectivity index (χ0v) is 15.1. The Kier molecular flexibility index (Phi) is 3.86. The highest BCUT2D eigenvalue weighted by atomic mass is 16.3. The average Bonchev–Trinajstić information content (AvgIpc) is 2.92. The number of rotatable bonds is 3. The first-order valence-electron chi connectivity index (χ1n) is 9.74. The molecule has 2 fully saturated rings. The number of hydrogen-bond donors (Lipinski definition) is 1. The summed E-state index contributed by atoms with van der Waals surface area (Å²) in [6, 6.07) is 6.01. The molecule has 24 heavy (non-hydrogen) atoms. The predicted octanol–water partition coefficient (Wildman–Crippen LogP) is 6.14. The van der Waals surface area contributed by atoms with Crippen LogP contribution in [0.25, 0.3) is 0 Å². The summed E-state index contributed by atoms with van der Waals surface area (Å²) in [6.07, 6.45) is 11.1. The summed E-state index contributed by atoms with van der Waals surface area (Å²) in [5.41, 5.74) is 6.43. The molecule has 4 atom stereocenters. The molecule has 1 aromatic carbocycles. The summed E-state index contributed by atoms with van der Waals surface area (Å²) in [7, 11) is 0. The number of fused-ring (bicyclic) bond motifs is 5. The normalized spacial score (nSPS) is 34.1. The highest BCUT2D eigenvalue weighted by Gasteiger charge is 2.52. The number of benzene rings is 1. The van der Waals surface area contributed by atoms with Crippen LogP contribution >= 0.6 is 0 Å². The average molecular weight is 322 g/mol. The third-order valence-electron chi connectivity index (χ3n) is 7.24. The van der Waals surface area contributed by atoms with Crippen molar-refractivity contribution in [2.75, 3.05) is 0 Å². The minimum absolute atomic E-state index is 0.406. The molecule has 3 aliphatic rings. The van der Waals surface area contributed by atoms with E-state index in [9.17, 15) is 5.11 Å². The zero-order valence-electron chi connectivity index (χ0n) is 15.1. The van der Waals surface area contributed by atoms with Gasteiger partial charge in [-0.05, 0) is 79.0 Å². The van der Waals surface area contributed by atoms with Crippen molar-refractivity contribution in [3.63, 3.8) is 0 Å². The number of hydrogen-bond acceptors (Lipinski definition) is 1. The van der Waals surface area contributed by atoms with Gasteiger partial charge in [-0.3, -0.25) is 0 Å². The molecule has 0 radical (unpaired) electrons. The molecule has 0 spiro atoms. The summed E-state index contributed by atoms with van der Waals surface area (Å²) in [4.78, 5) is 0. The molecule has 128 valence electrons. The molecule has 4 rings (SSSR count). The predicted molar refractivity (Wildman–Crippen MR) is 100 cm³/mol. The summed E-state index contributed by atoms with van der Waals surface area (Å²) in [6.45, 7) is 9.28. The molecule has 2 saturated carbocycles. The summed E-state index contributed by atoms with van der Waals surface area (Å²) >= 11 is 0. The van der Waals surface area contributed by atoms with Crippen LogP contribution in [0.1, 0.15) is 69.4 Å². The van der Waals surface area contributed by atoms with E-state index >= 15 is 0 Å². The molecule has 1 heteroatoms. The molecular formula is C23H30O. The van der Waals surface area contributed by atoms with Gasteiger partial charge in [0.15, 0.2) is 0 Å². The van der Waals surface area contributed by atoms with Crippen LogP contribution in [0.4, 0.5) is 0 Å². The summed E-state index contributed by atoms with van der Waals surface area (Å²) in [5, 5.41) is 9.79. The van der Waals surface area contributed by atoms with Crippen molar-refractivity contribution in [1.82, 2.24) is 0 Å². The molecule has 0 bridgehead atoms. The zero-order chi connectivity index (χ0) is 16.9. The van der Waals surface area contributed by atoms with Gasteiger partial charge < -0.3 is 5.11 Å². The second-order valence-electron chi connectivity index (χ2n) is 8.48. The van der Waals surface area contributed by atoms with Crippen molar-refractivity contribution >= 4 is 0 Å². The third kappa shape index (κ3) is 2.28. The molecule has 2 unspecified atom stereocenters.